The third kappa shape index (κ3) is 3.54. The normalized spacial score (nSPS) is 17.2. The van der Waals surface area contributed by atoms with Crippen LogP contribution in [0.25, 0.3) is 0 Å². The van der Waals surface area contributed by atoms with Crippen LogP contribution < -0.4 is 4.72 Å². The molecule has 2 N–H and O–H groups in total. The lowest BCUT2D eigenvalue weighted by atomic mass is 10.2. The Labute approximate surface area is 121 Å². The number of nitrogens with one attached hydrogen (secondary N) is 1. The molecular weight excluding hydrogens is 302 g/mol. The van der Waals surface area contributed by atoms with Gasteiger partial charge in [0.25, 0.3) is 10.2 Å². The molecule has 9 heteroatoms. The Kier molecular flexibility index (Phi) is 4.74. The summed E-state index contributed by atoms with van der Waals surface area (Å²) < 4.78 is 28.0. The zero-order valence-corrected chi connectivity index (χ0v) is 12.8. The Bertz CT molecular complexity index is 591. The maximum Gasteiger partial charge on any atom is 0.347 e. The number of nitrogens with zero attached hydrogens (tertiary/aromatic N) is 2. The van der Waals surface area contributed by atoms with Gasteiger partial charge in [0.15, 0.2) is 0 Å². The standard InChI is InChI=1S/C11H17N3O4S2/c1-8-10(11(15)16)19-9(13-8)7-12-20(17,18)14-5-3-2-4-6-14/h12H,2-7H2,1H3,(H,15,16). The molecular formula is C11H17N3O4S2. The largest absolute Gasteiger partial charge is 0.477 e. The molecule has 0 atom stereocenters. The van der Waals surface area contributed by atoms with Crippen LogP contribution in [0.3, 0.4) is 0 Å². The van der Waals surface area contributed by atoms with Gasteiger partial charge in [0.2, 0.25) is 0 Å². The van der Waals surface area contributed by atoms with Crippen molar-refractivity contribution in [3.63, 3.8) is 0 Å². The van der Waals surface area contributed by atoms with E-state index in [2.05, 4.69) is 9.71 Å². The van der Waals surface area contributed by atoms with Crippen molar-refractivity contribution in [3.8, 4) is 0 Å². The van der Waals surface area contributed by atoms with Gasteiger partial charge in [0, 0.05) is 13.1 Å². The number of piperidine rings is 1. The molecule has 0 unspecified atom stereocenters. The van der Waals surface area contributed by atoms with E-state index in [-0.39, 0.29) is 11.4 Å². The molecule has 1 aromatic rings. The summed E-state index contributed by atoms with van der Waals surface area (Å²) in [4.78, 5) is 15.1. The number of carboxylic acids is 1. The summed E-state index contributed by atoms with van der Waals surface area (Å²) in [6, 6.07) is 0. The van der Waals surface area contributed by atoms with E-state index in [1.807, 2.05) is 0 Å². The van der Waals surface area contributed by atoms with Crippen molar-refractivity contribution in [3.05, 3.63) is 15.6 Å². The third-order valence-electron chi connectivity index (χ3n) is 3.10. The number of hydrogen-bond acceptors (Lipinski definition) is 5. The van der Waals surface area contributed by atoms with Crippen LogP contribution in [0.15, 0.2) is 0 Å². The lowest BCUT2D eigenvalue weighted by molar-refractivity contribution is 0.0701. The second-order valence-electron chi connectivity index (χ2n) is 4.61. The van der Waals surface area contributed by atoms with Crippen molar-refractivity contribution >= 4 is 27.5 Å². The summed E-state index contributed by atoms with van der Waals surface area (Å²) in [5, 5.41) is 9.39. The van der Waals surface area contributed by atoms with Crippen molar-refractivity contribution in [2.24, 2.45) is 0 Å². The van der Waals surface area contributed by atoms with Gasteiger partial charge in [0.1, 0.15) is 9.88 Å². The van der Waals surface area contributed by atoms with Gasteiger partial charge in [0.05, 0.1) is 12.2 Å². The van der Waals surface area contributed by atoms with E-state index in [0.29, 0.717) is 23.8 Å². The molecule has 1 aromatic heterocycles. The maximum atomic E-state index is 12.1. The Morgan fingerprint density at radius 2 is 2.05 bits per heavy atom. The van der Waals surface area contributed by atoms with Crippen LogP contribution in [0, 0.1) is 6.92 Å². The SMILES string of the molecule is Cc1nc(CNS(=O)(=O)N2CCCCC2)sc1C(=O)O. The summed E-state index contributed by atoms with van der Waals surface area (Å²) in [5.41, 5.74) is 0.412. The Balaban J connectivity index is 2.00. The van der Waals surface area contributed by atoms with Gasteiger partial charge in [-0.1, -0.05) is 6.42 Å². The number of aryl methyl sites for hydroxylation is 1. The number of rotatable bonds is 5. The predicted molar refractivity (Wildman–Crippen MR) is 75.0 cm³/mol. The second kappa shape index (κ2) is 6.17. The molecule has 1 aliphatic heterocycles. The summed E-state index contributed by atoms with van der Waals surface area (Å²) in [6.45, 7) is 2.69. The highest BCUT2D eigenvalue weighted by atomic mass is 32.2. The number of thiazole rings is 1. The van der Waals surface area contributed by atoms with Crippen molar-refractivity contribution < 1.29 is 18.3 Å². The quantitative estimate of drug-likeness (QED) is 0.842. The molecule has 0 saturated carbocycles. The summed E-state index contributed by atoms with van der Waals surface area (Å²) in [6.07, 6.45) is 2.81. The first-order chi connectivity index (χ1) is 9.40. The molecule has 20 heavy (non-hydrogen) atoms. The van der Waals surface area contributed by atoms with E-state index in [4.69, 9.17) is 5.11 Å². The van der Waals surface area contributed by atoms with Gasteiger partial charge in [-0.3, -0.25) is 0 Å². The first kappa shape index (κ1) is 15.4. The highest BCUT2D eigenvalue weighted by Gasteiger charge is 2.24. The average molecular weight is 319 g/mol. The predicted octanol–water partition coefficient (Wildman–Crippen LogP) is 0.970. The summed E-state index contributed by atoms with van der Waals surface area (Å²) >= 11 is 0.999. The monoisotopic (exact) mass is 319 g/mol. The fourth-order valence-electron chi connectivity index (χ4n) is 2.08. The van der Waals surface area contributed by atoms with Crippen molar-refractivity contribution in [2.75, 3.05) is 13.1 Å². The molecule has 2 rings (SSSR count). The van der Waals surface area contributed by atoms with Crippen molar-refractivity contribution in [2.45, 2.75) is 32.7 Å². The van der Waals surface area contributed by atoms with Gasteiger partial charge in [-0.15, -0.1) is 11.3 Å². The van der Waals surface area contributed by atoms with Crippen molar-refractivity contribution in [1.82, 2.24) is 14.0 Å². The van der Waals surface area contributed by atoms with Gasteiger partial charge in [-0.25, -0.2) is 9.78 Å². The molecule has 7 nitrogen and oxygen atoms in total. The number of carbonyl (C=O) groups is 1. The maximum absolute atomic E-state index is 12.1. The zero-order chi connectivity index (χ0) is 14.8. The van der Waals surface area contributed by atoms with Crippen LogP contribution in [0.1, 0.15) is 39.6 Å². The van der Waals surface area contributed by atoms with Crippen LogP contribution in [0.5, 0.6) is 0 Å². The van der Waals surface area contributed by atoms with Gasteiger partial charge < -0.3 is 5.11 Å². The molecule has 0 aliphatic carbocycles. The van der Waals surface area contributed by atoms with Crippen LogP contribution in [-0.2, 0) is 16.8 Å². The molecule has 2 heterocycles. The molecule has 0 radical (unpaired) electrons. The minimum absolute atomic E-state index is 0.0254. The van der Waals surface area contributed by atoms with E-state index in [9.17, 15) is 13.2 Å². The minimum Gasteiger partial charge on any atom is -0.477 e. The summed E-state index contributed by atoms with van der Waals surface area (Å²) in [7, 11) is -3.50. The molecule has 0 spiro atoms. The van der Waals surface area contributed by atoms with Crippen LogP contribution in [0.2, 0.25) is 0 Å². The van der Waals surface area contributed by atoms with E-state index < -0.39 is 16.2 Å². The smallest absolute Gasteiger partial charge is 0.347 e. The Morgan fingerprint density at radius 3 is 2.60 bits per heavy atom. The van der Waals surface area contributed by atoms with Crippen molar-refractivity contribution in [1.29, 1.82) is 0 Å². The number of carboxylic acid groups (broad SMARTS) is 1. The molecule has 112 valence electrons. The number of aromatic nitrogens is 1. The van der Waals surface area contributed by atoms with E-state index >= 15 is 0 Å². The van der Waals surface area contributed by atoms with E-state index in [1.54, 1.807) is 6.92 Å². The first-order valence-electron chi connectivity index (χ1n) is 6.34. The van der Waals surface area contributed by atoms with Gasteiger partial charge >= 0.3 is 5.97 Å². The topological polar surface area (TPSA) is 99.6 Å². The van der Waals surface area contributed by atoms with Gasteiger partial charge in [-0.2, -0.15) is 17.4 Å². The molecule has 1 fully saturated rings. The fourth-order valence-corrected chi connectivity index (χ4v) is 4.25. The molecule has 1 aliphatic rings. The molecule has 0 aromatic carbocycles. The highest BCUT2D eigenvalue weighted by molar-refractivity contribution is 7.87. The number of hydrogen-bond donors (Lipinski definition) is 2. The minimum atomic E-state index is -3.50. The highest BCUT2D eigenvalue weighted by Crippen LogP contribution is 2.18. The van der Waals surface area contributed by atoms with Crippen LogP contribution in [-0.4, -0.2) is 41.9 Å². The molecule has 0 bridgehead atoms. The first-order valence-corrected chi connectivity index (χ1v) is 8.60. The van der Waals surface area contributed by atoms with Gasteiger partial charge in [-0.05, 0) is 19.8 Å². The Hall–Kier alpha value is -1.03. The lowest BCUT2D eigenvalue weighted by Crippen LogP contribution is -2.43. The zero-order valence-electron chi connectivity index (χ0n) is 11.1. The fraction of sp³-hybridized carbons (Fsp3) is 0.636. The molecule has 1 saturated heterocycles. The van der Waals surface area contributed by atoms with E-state index in [1.165, 1.54) is 4.31 Å². The lowest BCUT2D eigenvalue weighted by Gasteiger charge is -2.25. The van der Waals surface area contributed by atoms with E-state index in [0.717, 1.165) is 30.6 Å². The number of aromatic carboxylic acids is 1. The molecule has 0 amide bonds. The van der Waals surface area contributed by atoms with Crippen LogP contribution in [0.4, 0.5) is 0 Å². The Morgan fingerprint density at radius 1 is 1.40 bits per heavy atom. The van der Waals surface area contributed by atoms with Crippen LogP contribution >= 0.6 is 11.3 Å². The summed E-state index contributed by atoms with van der Waals surface area (Å²) in [5.74, 6) is -1.04. The third-order valence-corrected chi connectivity index (χ3v) is 5.80. The second-order valence-corrected chi connectivity index (χ2v) is 7.45. The average Bonchev–Trinajstić information content (AvgIpc) is 2.79.